The van der Waals surface area contributed by atoms with Gasteiger partial charge in [0, 0.05) is 11.6 Å². The number of ether oxygens (including phenoxy) is 2. The summed E-state index contributed by atoms with van der Waals surface area (Å²) in [5.41, 5.74) is 0.439. The lowest BCUT2D eigenvalue weighted by molar-refractivity contribution is -0.143. The van der Waals surface area contributed by atoms with E-state index in [0.717, 1.165) is 5.39 Å². The maximum atomic E-state index is 12.9. The fraction of sp³-hybridized carbons (Fsp3) is 0.158. The molecule has 5 nitrogen and oxygen atoms in total. The Labute approximate surface area is 139 Å². The van der Waals surface area contributed by atoms with E-state index < -0.39 is 12.0 Å². The molecule has 0 N–H and O–H groups in total. The Morgan fingerprint density at radius 3 is 2.46 bits per heavy atom. The third-order valence-electron chi connectivity index (χ3n) is 3.96. The first kappa shape index (κ1) is 15.8. The highest BCUT2D eigenvalue weighted by molar-refractivity contribution is 5.84. The SMILES string of the molecule is COC(=O)C(c1ccccc1)n1ccc2cc(OC)ccc2c1=O. The molecule has 0 saturated carbocycles. The van der Waals surface area contributed by atoms with Gasteiger partial charge in [-0.05, 0) is 35.2 Å². The van der Waals surface area contributed by atoms with E-state index in [-0.39, 0.29) is 5.56 Å². The summed E-state index contributed by atoms with van der Waals surface area (Å²) in [7, 11) is 2.89. The highest BCUT2D eigenvalue weighted by Gasteiger charge is 2.24. The molecule has 1 unspecified atom stereocenters. The molecular weight excluding hydrogens is 306 g/mol. The van der Waals surface area contributed by atoms with Crippen molar-refractivity contribution in [1.29, 1.82) is 0 Å². The first-order chi connectivity index (χ1) is 11.7. The van der Waals surface area contributed by atoms with Crippen LogP contribution < -0.4 is 10.3 Å². The molecule has 24 heavy (non-hydrogen) atoms. The first-order valence-corrected chi connectivity index (χ1v) is 7.47. The molecule has 0 spiro atoms. The summed E-state index contributed by atoms with van der Waals surface area (Å²) >= 11 is 0. The molecule has 1 atom stereocenters. The average Bonchev–Trinajstić information content (AvgIpc) is 2.64. The van der Waals surface area contributed by atoms with Crippen LogP contribution in [0.3, 0.4) is 0 Å². The van der Waals surface area contributed by atoms with Gasteiger partial charge in [-0.3, -0.25) is 9.36 Å². The van der Waals surface area contributed by atoms with Crippen LogP contribution in [0, 0.1) is 0 Å². The molecule has 0 amide bonds. The van der Waals surface area contributed by atoms with Crippen LogP contribution in [0.1, 0.15) is 11.6 Å². The Kier molecular flexibility index (Phi) is 4.33. The van der Waals surface area contributed by atoms with E-state index in [1.165, 1.54) is 11.7 Å². The molecule has 0 aliphatic heterocycles. The Morgan fingerprint density at radius 1 is 1.04 bits per heavy atom. The van der Waals surface area contributed by atoms with Crippen molar-refractivity contribution in [3.05, 3.63) is 76.7 Å². The highest BCUT2D eigenvalue weighted by Crippen LogP contribution is 2.22. The molecule has 0 aliphatic rings. The fourth-order valence-electron chi connectivity index (χ4n) is 2.73. The van der Waals surface area contributed by atoms with Crippen molar-refractivity contribution in [2.75, 3.05) is 14.2 Å². The zero-order valence-electron chi connectivity index (χ0n) is 13.4. The molecule has 122 valence electrons. The fourth-order valence-corrected chi connectivity index (χ4v) is 2.73. The van der Waals surface area contributed by atoms with Crippen molar-refractivity contribution in [2.45, 2.75) is 6.04 Å². The summed E-state index contributed by atoms with van der Waals surface area (Å²) in [6.07, 6.45) is 1.61. The summed E-state index contributed by atoms with van der Waals surface area (Å²) < 4.78 is 11.5. The normalized spacial score (nSPS) is 11.9. The maximum absolute atomic E-state index is 12.9. The van der Waals surface area contributed by atoms with Crippen molar-refractivity contribution in [3.8, 4) is 5.75 Å². The van der Waals surface area contributed by atoms with Crippen LogP contribution >= 0.6 is 0 Å². The number of esters is 1. The number of nitrogens with zero attached hydrogens (tertiary/aromatic N) is 1. The molecule has 2 aromatic carbocycles. The molecular formula is C19H17NO4. The number of hydrogen-bond acceptors (Lipinski definition) is 4. The van der Waals surface area contributed by atoms with Crippen LogP contribution in [-0.4, -0.2) is 24.8 Å². The van der Waals surface area contributed by atoms with Gasteiger partial charge in [-0.2, -0.15) is 0 Å². The topological polar surface area (TPSA) is 57.5 Å². The second kappa shape index (κ2) is 6.58. The first-order valence-electron chi connectivity index (χ1n) is 7.47. The number of methoxy groups -OCH3 is 2. The molecule has 3 aromatic rings. The predicted molar refractivity (Wildman–Crippen MR) is 91.4 cm³/mol. The van der Waals surface area contributed by atoms with E-state index in [1.807, 2.05) is 18.2 Å². The van der Waals surface area contributed by atoms with Crippen LogP contribution in [0.2, 0.25) is 0 Å². The van der Waals surface area contributed by atoms with Crippen LogP contribution in [0.15, 0.2) is 65.6 Å². The highest BCUT2D eigenvalue weighted by atomic mass is 16.5. The summed E-state index contributed by atoms with van der Waals surface area (Å²) in [6.45, 7) is 0. The van der Waals surface area contributed by atoms with Crippen LogP contribution in [-0.2, 0) is 9.53 Å². The summed E-state index contributed by atoms with van der Waals surface area (Å²) in [6, 6.07) is 15.3. The molecule has 0 saturated heterocycles. The second-order valence-electron chi connectivity index (χ2n) is 5.32. The number of carbonyl (C=O) groups is 1. The Bertz CT molecular complexity index is 931. The Hall–Kier alpha value is -3.08. The summed E-state index contributed by atoms with van der Waals surface area (Å²) in [5.74, 6) is 0.184. The third kappa shape index (κ3) is 2.76. The number of rotatable bonds is 4. The van der Waals surface area contributed by atoms with Gasteiger partial charge in [-0.15, -0.1) is 0 Å². The number of carbonyl (C=O) groups excluding carboxylic acids is 1. The van der Waals surface area contributed by atoms with E-state index >= 15 is 0 Å². The molecule has 0 aliphatic carbocycles. The molecule has 1 heterocycles. The predicted octanol–water partition coefficient (Wildman–Crippen LogP) is 2.77. The average molecular weight is 323 g/mol. The Morgan fingerprint density at radius 2 is 1.79 bits per heavy atom. The van der Waals surface area contributed by atoms with Crippen molar-refractivity contribution in [3.63, 3.8) is 0 Å². The Balaban J connectivity index is 2.20. The third-order valence-corrected chi connectivity index (χ3v) is 3.96. The molecule has 0 radical (unpaired) electrons. The summed E-state index contributed by atoms with van der Waals surface area (Å²) in [5, 5.41) is 1.27. The maximum Gasteiger partial charge on any atom is 0.333 e. The number of fused-ring (bicyclic) bond motifs is 1. The van der Waals surface area contributed by atoms with Crippen LogP contribution in [0.4, 0.5) is 0 Å². The lowest BCUT2D eigenvalue weighted by Gasteiger charge is -2.18. The number of benzene rings is 2. The van der Waals surface area contributed by atoms with Gasteiger partial charge in [0.2, 0.25) is 0 Å². The van der Waals surface area contributed by atoms with Gasteiger partial charge in [-0.1, -0.05) is 30.3 Å². The zero-order valence-corrected chi connectivity index (χ0v) is 13.4. The summed E-state index contributed by atoms with van der Waals surface area (Å²) in [4.78, 5) is 25.2. The van der Waals surface area contributed by atoms with Gasteiger partial charge in [0.05, 0.1) is 14.2 Å². The standard InChI is InChI=1S/C19H17NO4/c1-23-15-8-9-16-14(12-15)10-11-20(18(16)21)17(19(22)24-2)13-6-4-3-5-7-13/h3-12,17H,1-2H3. The number of pyridine rings is 1. The molecule has 1 aromatic heterocycles. The van der Waals surface area contributed by atoms with Crippen molar-refractivity contribution < 1.29 is 14.3 Å². The smallest absolute Gasteiger partial charge is 0.333 e. The molecule has 0 fully saturated rings. The molecule has 3 rings (SSSR count). The largest absolute Gasteiger partial charge is 0.497 e. The zero-order chi connectivity index (χ0) is 17.1. The van der Waals surface area contributed by atoms with Crippen LogP contribution in [0.25, 0.3) is 10.8 Å². The van der Waals surface area contributed by atoms with Crippen molar-refractivity contribution >= 4 is 16.7 Å². The van der Waals surface area contributed by atoms with Gasteiger partial charge in [0.1, 0.15) is 5.75 Å². The van der Waals surface area contributed by atoms with Gasteiger partial charge in [-0.25, -0.2) is 4.79 Å². The van der Waals surface area contributed by atoms with E-state index in [2.05, 4.69) is 0 Å². The number of aromatic nitrogens is 1. The molecule has 0 bridgehead atoms. The van der Waals surface area contributed by atoms with Crippen molar-refractivity contribution in [1.82, 2.24) is 4.57 Å². The minimum absolute atomic E-state index is 0.255. The van der Waals surface area contributed by atoms with Gasteiger partial charge in [0.25, 0.3) is 5.56 Å². The lowest BCUT2D eigenvalue weighted by Crippen LogP contribution is -2.31. The number of hydrogen-bond donors (Lipinski definition) is 0. The van der Waals surface area contributed by atoms with Gasteiger partial charge >= 0.3 is 5.97 Å². The van der Waals surface area contributed by atoms with E-state index in [0.29, 0.717) is 16.7 Å². The van der Waals surface area contributed by atoms with E-state index in [4.69, 9.17) is 9.47 Å². The van der Waals surface area contributed by atoms with E-state index in [1.54, 1.807) is 49.7 Å². The monoisotopic (exact) mass is 323 g/mol. The van der Waals surface area contributed by atoms with Crippen LogP contribution in [0.5, 0.6) is 5.75 Å². The quantitative estimate of drug-likeness (QED) is 0.693. The van der Waals surface area contributed by atoms with Gasteiger partial charge < -0.3 is 9.47 Å². The minimum Gasteiger partial charge on any atom is -0.497 e. The van der Waals surface area contributed by atoms with E-state index in [9.17, 15) is 9.59 Å². The van der Waals surface area contributed by atoms with Gasteiger partial charge in [0.15, 0.2) is 6.04 Å². The minimum atomic E-state index is -0.824. The van der Waals surface area contributed by atoms with Crippen molar-refractivity contribution in [2.24, 2.45) is 0 Å². The second-order valence-corrected chi connectivity index (χ2v) is 5.32. The lowest BCUT2D eigenvalue weighted by atomic mass is 10.1. The molecule has 5 heteroatoms.